The number of benzene rings is 1. The number of amides is 1. The van der Waals surface area contributed by atoms with Gasteiger partial charge in [-0.1, -0.05) is 17.7 Å². The summed E-state index contributed by atoms with van der Waals surface area (Å²) in [5.41, 5.74) is 1.46. The van der Waals surface area contributed by atoms with Crippen LogP contribution in [0.3, 0.4) is 0 Å². The lowest BCUT2D eigenvalue weighted by atomic mass is 10.1. The van der Waals surface area contributed by atoms with Gasteiger partial charge in [0.1, 0.15) is 0 Å². The van der Waals surface area contributed by atoms with Crippen molar-refractivity contribution in [2.45, 2.75) is 19.4 Å². The topological polar surface area (TPSA) is 101 Å². The SMILES string of the molecule is Cc1cccc(C(=O)NCCN(C2CCS(=O)(=O)C2)S(C)(=O)=O)c1. The minimum atomic E-state index is -3.55. The van der Waals surface area contributed by atoms with E-state index in [1.807, 2.05) is 13.0 Å². The lowest BCUT2D eigenvalue weighted by Crippen LogP contribution is -2.44. The van der Waals surface area contributed by atoms with Crippen molar-refractivity contribution in [3.05, 3.63) is 35.4 Å². The molecule has 0 saturated carbocycles. The van der Waals surface area contributed by atoms with Crippen LogP contribution in [-0.2, 0) is 19.9 Å². The number of sulfonamides is 1. The van der Waals surface area contributed by atoms with Crippen LogP contribution in [0.1, 0.15) is 22.3 Å². The predicted octanol–water partition coefficient (Wildman–Crippen LogP) is 0.174. The minimum absolute atomic E-state index is 0.000657. The van der Waals surface area contributed by atoms with E-state index >= 15 is 0 Å². The molecule has 9 heteroatoms. The molecule has 1 fully saturated rings. The fourth-order valence-corrected chi connectivity index (χ4v) is 5.76. The molecule has 1 aromatic carbocycles. The van der Waals surface area contributed by atoms with Crippen molar-refractivity contribution < 1.29 is 21.6 Å². The summed E-state index contributed by atoms with van der Waals surface area (Å²) in [6.07, 6.45) is 1.35. The Bertz CT molecular complexity index is 818. The summed E-state index contributed by atoms with van der Waals surface area (Å²) < 4.78 is 48.2. The van der Waals surface area contributed by atoms with Crippen molar-refractivity contribution in [3.63, 3.8) is 0 Å². The van der Waals surface area contributed by atoms with Gasteiger partial charge in [-0.15, -0.1) is 0 Å². The number of hydrogen-bond donors (Lipinski definition) is 1. The number of nitrogens with zero attached hydrogens (tertiary/aromatic N) is 1. The van der Waals surface area contributed by atoms with Gasteiger partial charge >= 0.3 is 0 Å². The van der Waals surface area contributed by atoms with Gasteiger partial charge in [0.25, 0.3) is 5.91 Å². The molecule has 24 heavy (non-hydrogen) atoms. The van der Waals surface area contributed by atoms with Gasteiger partial charge in [0, 0.05) is 24.7 Å². The van der Waals surface area contributed by atoms with Crippen LogP contribution in [-0.4, -0.2) is 63.9 Å². The Hall–Kier alpha value is -1.45. The van der Waals surface area contributed by atoms with Crippen LogP contribution < -0.4 is 5.32 Å². The Balaban J connectivity index is 1.98. The fourth-order valence-electron chi connectivity index (χ4n) is 2.79. The third-order valence-corrected chi connectivity index (χ3v) is 7.02. The molecular formula is C15H22N2O5S2. The van der Waals surface area contributed by atoms with E-state index < -0.39 is 25.9 Å². The van der Waals surface area contributed by atoms with E-state index in [0.717, 1.165) is 11.8 Å². The van der Waals surface area contributed by atoms with E-state index in [1.54, 1.807) is 18.2 Å². The summed E-state index contributed by atoms with van der Waals surface area (Å²) in [5.74, 6) is -0.447. The highest BCUT2D eigenvalue weighted by Gasteiger charge is 2.36. The molecule has 0 aliphatic carbocycles. The summed E-state index contributed by atoms with van der Waals surface area (Å²) in [6.45, 7) is 2.05. The molecule has 1 N–H and O–H groups in total. The van der Waals surface area contributed by atoms with Gasteiger partial charge in [0.05, 0.1) is 17.8 Å². The highest BCUT2D eigenvalue weighted by molar-refractivity contribution is 7.92. The summed E-state index contributed by atoms with van der Waals surface area (Å²) in [7, 11) is -6.73. The summed E-state index contributed by atoms with van der Waals surface area (Å²) in [4.78, 5) is 12.1. The molecular weight excluding hydrogens is 352 g/mol. The number of hydrogen-bond acceptors (Lipinski definition) is 5. The van der Waals surface area contributed by atoms with E-state index in [-0.39, 0.29) is 30.5 Å². The number of aryl methyl sites for hydroxylation is 1. The van der Waals surface area contributed by atoms with Crippen LogP contribution in [0.5, 0.6) is 0 Å². The maximum absolute atomic E-state index is 12.1. The maximum Gasteiger partial charge on any atom is 0.251 e. The molecule has 0 aromatic heterocycles. The predicted molar refractivity (Wildman–Crippen MR) is 92.1 cm³/mol. The van der Waals surface area contributed by atoms with E-state index in [1.165, 1.54) is 4.31 Å². The number of sulfone groups is 1. The summed E-state index contributed by atoms with van der Waals surface area (Å²) in [6, 6.07) is 6.52. The van der Waals surface area contributed by atoms with Gasteiger partial charge in [-0.25, -0.2) is 16.8 Å². The zero-order valence-corrected chi connectivity index (χ0v) is 15.4. The first kappa shape index (κ1) is 18.9. The second-order valence-electron chi connectivity index (χ2n) is 6.06. The first-order chi connectivity index (χ1) is 11.1. The third-order valence-electron chi connectivity index (χ3n) is 3.94. The first-order valence-corrected chi connectivity index (χ1v) is 11.3. The number of carbonyl (C=O) groups excluding carboxylic acids is 1. The molecule has 1 atom stereocenters. The van der Waals surface area contributed by atoms with Crippen LogP contribution in [0.25, 0.3) is 0 Å². The number of carbonyl (C=O) groups is 1. The van der Waals surface area contributed by atoms with Gasteiger partial charge in [0.15, 0.2) is 9.84 Å². The van der Waals surface area contributed by atoms with Gasteiger partial charge in [-0.2, -0.15) is 4.31 Å². The molecule has 0 spiro atoms. The Kier molecular flexibility index (Phi) is 5.67. The maximum atomic E-state index is 12.1. The van der Waals surface area contributed by atoms with E-state index in [0.29, 0.717) is 12.0 Å². The molecule has 0 radical (unpaired) electrons. The Morgan fingerprint density at radius 2 is 2.08 bits per heavy atom. The largest absolute Gasteiger partial charge is 0.351 e. The number of nitrogens with one attached hydrogen (secondary N) is 1. The molecule has 1 unspecified atom stereocenters. The Morgan fingerprint density at radius 1 is 1.38 bits per heavy atom. The first-order valence-electron chi connectivity index (χ1n) is 7.60. The zero-order valence-electron chi connectivity index (χ0n) is 13.7. The van der Waals surface area contributed by atoms with E-state index in [4.69, 9.17) is 0 Å². The molecule has 7 nitrogen and oxygen atoms in total. The molecule has 1 amide bonds. The van der Waals surface area contributed by atoms with Gasteiger partial charge in [0.2, 0.25) is 10.0 Å². The molecule has 1 heterocycles. The van der Waals surface area contributed by atoms with Crippen LogP contribution in [0, 0.1) is 6.92 Å². The molecule has 0 bridgehead atoms. The standard InChI is InChI=1S/C15H22N2O5S2/c1-12-4-3-5-13(10-12)15(18)16-7-8-17(23(2,19)20)14-6-9-24(21,22)11-14/h3-5,10,14H,6-9,11H2,1-2H3,(H,16,18). The summed E-state index contributed by atoms with van der Waals surface area (Å²) >= 11 is 0. The lowest BCUT2D eigenvalue weighted by Gasteiger charge is -2.25. The van der Waals surface area contributed by atoms with E-state index in [9.17, 15) is 21.6 Å². The van der Waals surface area contributed by atoms with Gasteiger partial charge in [-0.05, 0) is 25.5 Å². The molecule has 1 aromatic rings. The van der Waals surface area contributed by atoms with Crippen molar-refractivity contribution in [2.24, 2.45) is 0 Å². The molecule has 2 rings (SSSR count). The average Bonchev–Trinajstić information content (AvgIpc) is 2.81. The minimum Gasteiger partial charge on any atom is -0.351 e. The lowest BCUT2D eigenvalue weighted by molar-refractivity contribution is 0.0950. The van der Waals surface area contributed by atoms with Crippen LogP contribution in [0.2, 0.25) is 0 Å². The van der Waals surface area contributed by atoms with Crippen LogP contribution in [0.15, 0.2) is 24.3 Å². The average molecular weight is 374 g/mol. The quantitative estimate of drug-likeness (QED) is 0.765. The van der Waals surface area contributed by atoms with Gasteiger partial charge in [-0.3, -0.25) is 4.79 Å². The third kappa shape index (κ3) is 5.02. The smallest absolute Gasteiger partial charge is 0.251 e. The molecule has 1 aliphatic rings. The van der Waals surface area contributed by atoms with Crippen molar-refractivity contribution in [2.75, 3.05) is 30.9 Å². The van der Waals surface area contributed by atoms with E-state index in [2.05, 4.69) is 5.32 Å². The Labute approximate surface area is 143 Å². The van der Waals surface area contributed by atoms with Gasteiger partial charge < -0.3 is 5.32 Å². The van der Waals surface area contributed by atoms with Crippen LogP contribution >= 0.6 is 0 Å². The second kappa shape index (κ2) is 7.20. The highest BCUT2D eigenvalue weighted by atomic mass is 32.2. The molecule has 1 aliphatic heterocycles. The van der Waals surface area contributed by atoms with Crippen molar-refractivity contribution in [1.29, 1.82) is 0 Å². The molecule has 1 saturated heterocycles. The van der Waals surface area contributed by atoms with Crippen molar-refractivity contribution >= 4 is 25.8 Å². The van der Waals surface area contributed by atoms with Crippen LogP contribution in [0.4, 0.5) is 0 Å². The zero-order chi connectivity index (χ0) is 18.0. The second-order valence-corrected chi connectivity index (χ2v) is 10.2. The fraction of sp³-hybridized carbons (Fsp3) is 0.533. The van der Waals surface area contributed by atoms with Crippen molar-refractivity contribution in [3.8, 4) is 0 Å². The molecule has 134 valence electrons. The Morgan fingerprint density at radius 3 is 2.62 bits per heavy atom. The van der Waals surface area contributed by atoms with Crippen molar-refractivity contribution in [1.82, 2.24) is 9.62 Å². The highest BCUT2D eigenvalue weighted by Crippen LogP contribution is 2.19. The normalized spacial score (nSPS) is 20.2. The monoisotopic (exact) mass is 374 g/mol. The summed E-state index contributed by atoms with van der Waals surface area (Å²) in [5, 5.41) is 2.68. The number of rotatable bonds is 6.